The van der Waals surface area contributed by atoms with Gasteiger partial charge in [0.15, 0.2) is 0 Å². The third-order valence-electron chi connectivity index (χ3n) is 5.29. The van der Waals surface area contributed by atoms with Crippen LogP contribution >= 0.6 is 11.6 Å². The molecular weight excluding hydrogens is 362 g/mol. The maximum absolute atomic E-state index is 12.9. The molecule has 27 heavy (non-hydrogen) atoms. The minimum atomic E-state index is -0.511. The molecule has 2 heterocycles. The van der Waals surface area contributed by atoms with Crippen LogP contribution in [0.2, 0.25) is 5.02 Å². The van der Waals surface area contributed by atoms with Crippen LogP contribution in [0.25, 0.3) is 0 Å². The number of piperazine rings is 1. The number of fused-ring (bicyclic) bond motifs is 1. The summed E-state index contributed by atoms with van der Waals surface area (Å²) in [6.45, 7) is 1.30. The monoisotopic (exact) mass is 383 g/mol. The zero-order valence-corrected chi connectivity index (χ0v) is 15.7. The van der Waals surface area contributed by atoms with Crippen LogP contribution in [0.15, 0.2) is 54.6 Å². The Labute approximate surface area is 163 Å². The summed E-state index contributed by atoms with van der Waals surface area (Å²) in [7, 11) is 0. The van der Waals surface area contributed by atoms with Crippen molar-refractivity contribution in [1.82, 2.24) is 15.5 Å². The Morgan fingerprint density at radius 1 is 1.04 bits per heavy atom. The van der Waals surface area contributed by atoms with Gasteiger partial charge in [-0.15, -0.1) is 0 Å². The fourth-order valence-electron chi connectivity index (χ4n) is 3.86. The zero-order chi connectivity index (χ0) is 18.8. The van der Waals surface area contributed by atoms with Crippen LogP contribution in [0.5, 0.6) is 0 Å². The largest absolute Gasteiger partial charge is 0.342 e. The Balaban J connectivity index is 1.39. The Morgan fingerprint density at radius 3 is 2.52 bits per heavy atom. The van der Waals surface area contributed by atoms with E-state index in [1.807, 2.05) is 30.3 Å². The van der Waals surface area contributed by atoms with E-state index in [0.29, 0.717) is 24.4 Å². The Kier molecular flexibility index (Phi) is 5.14. The van der Waals surface area contributed by atoms with E-state index in [-0.39, 0.29) is 23.9 Å². The normalized spacial score (nSPS) is 24.6. The number of amides is 2. The summed E-state index contributed by atoms with van der Waals surface area (Å²) < 4.78 is 0. The number of carbonyl (C=O) groups is 2. The number of rotatable bonds is 5. The van der Waals surface area contributed by atoms with Gasteiger partial charge in [0.05, 0.1) is 0 Å². The third-order valence-corrected chi connectivity index (χ3v) is 5.54. The highest BCUT2D eigenvalue weighted by atomic mass is 35.5. The molecule has 0 radical (unpaired) electrons. The van der Waals surface area contributed by atoms with Gasteiger partial charge < -0.3 is 15.5 Å². The molecule has 0 spiro atoms. The predicted octanol–water partition coefficient (Wildman–Crippen LogP) is 2.14. The summed E-state index contributed by atoms with van der Waals surface area (Å²) in [5.41, 5.74) is 2.17. The van der Waals surface area contributed by atoms with E-state index in [1.165, 1.54) is 5.56 Å². The molecule has 2 aromatic rings. The number of benzene rings is 2. The van der Waals surface area contributed by atoms with Crippen molar-refractivity contribution in [1.29, 1.82) is 0 Å². The van der Waals surface area contributed by atoms with Crippen molar-refractivity contribution in [2.24, 2.45) is 0 Å². The van der Waals surface area contributed by atoms with E-state index in [1.54, 1.807) is 17.0 Å². The zero-order valence-electron chi connectivity index (χ0n) is 14.9. The van der Waals surface area contributed by atoms with E-state index in [2.05, 4.69) is 22.8 Å². The van der Waals surface area contributed by atoms with Gasteiger partial charge in [0.1, 0.15) is 12.1 Å². The van der Waals surface area contributed by atoms with Crippen molar-refractivity contribution in [2.75, 3.05) is 6.54 Å². The molecule has 4 rings (SSSR count). The predicted molar refractivity (Wildman–Crippen MR) is 104 cm³/mol. The van der Waals surface area contributed by atoms with Gasteiger partial charge in [0, 0.05) is 30.6 Å². The topological polar surface area (TPSA) is 61.4 Å². The molecular formula is C21H22ClN3O2. The van der Waals surface area contributed by atoms with E-state index in [4.69, 9.17) is 11.6 Å². The molecule has 140 valence electrons. The number of nitrogens with zero attached hydrogens (tertiary/aromatic N) is 1. The standard InChI is InChI=1S/C21H22ClN3O2/c22-16-8-6-14(7-9-16)10-18-21(27)25-13-17(11-19(25)20(26)24-18)23-12-15-4-2-1-3-5-15/h1-9,17-19,23H,10-13H2,(H,24,26)/t17-,18-,19-/m0/s1. The van der Waals surface area contributed by atoms with Crippen molar-refractivity contribution in [3.8, 4) is 0 Å². The molecule has 0 saturated carbocycles. The van der Waals surface area contributed by atoms with E-state index in [9.17, 15) is 9.59 Å². The van der Waals surface area contributed by atoms with Crippen LogP contribution in [0.3, 0.4) is 0 Å². The van der Waals surface area contributed by atoms with Crippen LogP contribution < -0.4 is 10.6 Å². The summed E-state index contributed by atoms with van der Waals surface area (Å²) in [6, 6.07) is 16.8. The Bertz CT molecular complexity index is 825. The van der Waals surface area contributed by atoms with Gasteiger partial charge in [-0.05, 0) is 29.7 Å². The highest BCUT2D eigenvalue weighted by Crippen LogP contribution is 2.24. The average Bonchev–Trinajstić information content (AvgIpc) is 3.12. The first-order chi connectivity index (χ1) is 13.1. The van der Waals surface area contributed by atoms with Crippen molar-refractivity contribution >= 4 is 23.4 Å². The summed E-state index contributed by atoms with van der Waals surface area (Å²) in [6.07, 6.45) is 1.13. The Morgan fingerprint density at radius 2 is 1.78 bits per heavy atom. The van der Waals surface area contributed by atoms with Crippen LogP contribution in [0.1, 0.15) is 17.5 Å². The molecule has 2 aliphatic rings. The molecule has 0 unspecified atom stereocenters. The van der Waals surface area contributed by atoms with Gasteiger partial charge in [-0.3, -0.25) is 9.59 Å². The highest BCUT2D eigenvalue weighted by molar-refractivity contribution is 6.30. The van der Waals surface area contributed by atoms with Gasteiger partial charge in [0.2, 0.25) is 11.8 Å². The van der Waals surface area contributed by atoms with E-state index in [0.717, 1.165) is 12.1 Å². The number of hydrogen-bond acceptors (Lipinski definition) is 3. The molecule has 0 bridgehead atoms. The van der Waals surface area contributed by atoms with Gasteiger partial charge >= 0.3 is 0 Å². The van der Waals surface area contributed by atoms with Gasteiger partial charge in [0.25, 0.3) is 0 Å². The molecule has 2 saturated heterocycles. The van der Waals surface area contributed by atoms with E-state index < -0.39 is 6.04 Å². The summed E-state index contributed by atoms with van der Waals surface area (Å²) >= 11 is 5.92. The van der Waals surface area contributed by atoms with Crippen LogP contribution in [-0.4, -0.2) is 41.4 Å². The fourth-order valence-corrected chi connectivity index (χ4v) is 3.98. The second kappa shape index (κ2) is 7.71. The highest BCUT2D eigenvalue weighted by Gasteiger charge is 2.46. The van der Waals surface area contributed by atoms with Crippen molar-refractivity contribution in [3.05, 3.63) is 70.7 Å². The van der Waals surface area contributed by atoms with Gasteiger partial charge in [-0.1, -0.05) is 54.1 Å². The number of carbonyl (C=O) groups excluding carboxylic acids is 2. The molecule has 2 aromatic carbocycles. The van der Waals surface area contributed by atoms with Gasteiger partial charge in [-0.2, -0.15) is 0 Å². The molecule has 2 aliphatic heterocycles. The maximum Gasteiger partial charge on any atom is 0.246 e. The molecule has 0 aliphatic carbocycles. The fraction of sp³-hybridized carbons (Fsp3) is 0.333. The molecule has 6 heteroatoms. The van der Waals surface area contributed by atoms with Gasteiger partial charge in [-0.25, -0.2) is 0 Å². The molecule has 2 N–H and O–H groups in total. The lowest BCUT2D eigenvalue weighted by atomic mass is 10.0. The first-order valence-electron chi connectivity index (χ1n) is 9.23. The second-order valence-corrected chi connectivity index (χ2v) is 7.63. The molecule has 5 nitrogen and oxygen atoms in total. The van der Waals surface area contributed by atoms with Crippen LogP contribution in [0.4, 0.5) is 0 Å². The number of hydrogen-bond donors (Lipinski definition) is 2. The maximum atomic E-state index is 12.9. The quantitative estimate of drug-likeness (QED) is 0.831. The first-order valence-corrected chi connectivity index (χ1v) is 9.60. The van der Waals surface area contributed by atoms with Crippen molar-refractivity contribution in [2.45, 2.75) is 37.5 Å². The smallest absolute Gasteiger partial charge is 0.246 e. The third kappa shape index (κ3) is 3.99. The first kappa shape index (κ1) is 18.0. The van der Waals surface area contributed by atoms with Crippen molar-refractivity contribution in [3.63, 3.8) is 0 Å². The lowest BCUT2D eigenvalue weighted by Gasteiger charge is -2.34. The van der Waals surface area contributed by atoms with Crippen LogP contribution in [-0.2, 0) is 22.6 Å². The molecule has 2 fully saturated rings. The van der Waals surface area contributed by atoms with Crippen LogP contribution in [0, 0.1) is 0 Å². The summed E-state index contributed by atoms with van der Waals surface area (Å²) in [5.74, 6) is -0.0591. The molecule has 0 aromatic heterocycles. The molecule has 3 atom stereocenters. The van der Waals surface area contributed by atoms with E-state index >= 15 is 0 Å². The summed E-state index contributed by atoms with van der Waals surface area (Å²) in [5, 5.41) is 7.04. The Hall–Kier alpha value is -2.37. The molecule has 2 amide bonds. The minimum absolute atomic E-state index is 0.00133. The van der Waals surface area contributed by atoms with Crippen molar-refractivity contribution < 1.29 is 9.59 Å². The number of nitrogens with one attached hydrogen (secondary N) is 2. The lowest BCUT2D eigenvalue weighted by molar-refractivity contribution is -0.147. The average molecular weight is 384 g/mol. The lowest BCUT2D eigenvalue weighted by Crippen LogP contribution is -2.61. The summed E-state index contributed by atoms with van der Waals surface area (Å²) in [4.78, 5) is 27.2. The minimum Gasteiger partial charge on any atom is -0.342 e. The number of halogens is 1. The second-order valence-electron chi connectivity index (χ2n) is 7.20. The SMILES string of the molecule is O=C1N[C@@H](Cc2ccc(Cl)cc2)C(=O)N2C[C@@H](NCc3ccccc3)C[C@@H]12.